The minimum Gasteiger partial charge on any atom is -0.324 e. The molecule has 190 valence electrons. The first-order valence-corrected chi connectivity index (χ1v) is 13.5. The van der Waals surface area contributed by atoms with Crippen molar-refractivity contribution < 1.29 is 0 Å². The Labute approximate surface area is 228 Å². The maximum atomic E-state index is 5.08. The molecule has 4 atom stereocenters. The van der Waals surface area contributed by atoms with Crippen LogP contribution in [-0.2, 0) is 0 Å². The number of rotatable bonds is 0. The number of nitrogens with one attached hydrogen (secondary N) is 2. The Bertz CT molecular complexity index is 1860. The Hall–Kier alpha value is -5.24. The molecule has 3 aromatic heterocycles. The van der Waals surface area contributed by atoms with Crippen LogP contribution in [0.15, 0.2) is 97.1 Å². The van der Waals surface area contributed by atoms with Gasteiger partial charge < -0.3 is 9.97 Å². The smallest absolute Gasteiger partial charge is 0.141 e. The molecule has 0 saturated heterocycles. The third-order valence-corrected chi connectivity index (χ3v) is 8.17. The SMILES string of the molecule is C1=CC2c3nc(nc4[nH]c(nc5nc(nc6[nH]c(n3)c3ccccc63)C3C=CC=CC53)c3ccccc43)C2C=C1. The van der Waals surface area contributed by atoms with Crippen LogP contribution < -0.4 is 0 Å². The number of fused-ring (bicyclic) bond motifs is 20. The fourth-order valence-electron chi connectivity index (χ4n) is 6.23. The summed E-state index contributed by atoms with van der Waals surface area (Å²) in [6, 6.07) is 16.4. The fourth-order valence-corrected chi connectivity index (χ4v) is 6.23. The van der Waals surface area contributed by atoms with Gasteiger partial charge >= 0.3 is 0 Å². The van der Waals surface area contributed by atoms with E-state index >= 15 is 0 Å². The van der Waals surface area contributed by atoms with Gasteiger partial charge in [0.15, 0.2) is 0 Å². The van der Waals surface area contributed by atoms with E-state index in [1.165, 1.54) is 0 Å². The summed E-state index contributed by atoms with van der Waals surface area (Å²) in [4.78, 5) is 37.3. The molecule has 0 radical (unpaired) electrons. The monoisotopic (exact) mass is 518 g/mol. The molecule has 8 nitrogen and oxygen atoms in total. The highest BCUT2D eigenvalue weighted by Crippen LogP contribution is 2.41. The molecule has 40 heavy (non-hydrogen) atoms. The molecular weight excluding hydrogens is 496 g/mol. The van der Waals surface area contributed by atoms with Gasteiger partial charge in [-0.05, 0) is 0 Å². The van der Waals surface area contributed by atoms with Gasteiger partial charge in [-0.25, -0.2) is 29.9 Å². The van der Waals surface area contributed by atoms with Crippen molar-refractivity contribution >= 4 is 44.1 Å². The molecule has 0 spiro atoms. The van der Waals surface area contributed by atoms with Crippen molar-refractivity contribution in [3.05, 3.63) is 120 Å². The van der Waals surface area contributed by atoms with E-state index in [9.17, 15) is 0 Å². The van der Waals surface area contributed by atoms with Gasteiger partial charge in [0.05, 0.1) is 23.7 Å². The third-order valence-electron chi connectivity index (χ3n) is 8.17. The molecule has 0 fully saturated rings. The van der Waals surface area contributed by atoms with E-state index in [1.54, 1.807) is 0 Å². The van der Waals surface area contributed by atoms with Gasteiger partial charge in [-0.15, -0.1) is 0 Å². The second-order valence-electron chi connectivity index (χ2n) is 10.5. The molecule has 8 bridgehead atoms. The summed E-state index contributed by atoms with van der Waals surface area (Å²) >= 11 is 0. The Morgan fingerprint density at radius 3 is 0.925 bits per heavy atom. The topological polar surface area (TPSA) is 109 Å². The molecule has 8 heteroatoms. The first-order chi connectivity index (χ1) is 19.8. The van der Waals surface area contributed by atoms with Gasteiger partial charge in [0.1, 0.15) is 45.9 Å². The number of nitrogens with zero attached hydrogens (tertiary/aromatic N) is 6. The number of hydrogen-bond donors (Lipinski definition) is 2. The largest absolute Gasteiger partial charge is 0.324 e. The zero-order valence-corrected chi connectivity index (χ0v) is 21.2. The number of aromatic nitrogens is 8. The van der Waals surface area contributed by atoms with Crippen LogP contribution in [0.25, 0.3) is 44.1 Å². The summed E-state index contributed by atoms with van der Waals surface area (Å²) in [5.74, 6) is 2.92. The van der Waals surface area contributed by atoms with E-state index in [1.807, 2.05) is 24.3 Å². The van der Waals surface area contributed by atoms with Crippen molar-refractivity contribution in [3.63, 3.8) is 0 Å². The Morgan fingerprint density at radius 1 is 0.375 bits per heavy atom. The average Bonchev–Trinajstić information content (AvgIpc) is 3.73. The quantitative estimate of drug-likeness (QED) is 0.253. The molecular formula is C32H22N8. The lowest BCUT2D eigenvalue weighted by Crippen LogP contribution is -2.05. The molecule has 4 unspecified atom stereocenters. The molecule has 2 N–H and O–H groups in total. The van der Waals surface area contributed by atoms with E-state index in [2.05, 4.69) is 82.8 Å². The zero-order chi connectivity index (χ0) is 26.2. The van der Waals surface area contributed by atoms with Crippen LogP contribution in [-0.4, -0.2) is 39.9 Å². The second kappa shape index (κ2) is 8.13. The van der Waals surface area contributed by atoms with E-state index < -0.39 is 0 Å². The lowest BCUT2D eigenvalue weighted by atomic mass is 9.90. The van der Waals surface area contributed by atoms with Gasteiger partial charge in [-0.2, -0.15) is 0 Å². The van der Waals surface area contributed by atoms with E-state index in [0.29, 0.717) is 0 Å². The Morgan fingerprint density at radius 2 is 0.650 bits per heavy atom. The number of aromatic amines is 2. The predicted octanol–water partition coefficient (Wildman–Crippen LogP) is 6.19. The Kier molecular flexibility index (Phi) is 4.40. The molecule has 2 aliphatic heterocycles. The van der Waals surface area contributed by atoms with Crippen LogP contribution in [0.2, 0.25) is 0 Å². The van der Waals surface area contributed by atoms with Gasteiger partial charge in [-0.3, -0.25) is 0 Å². The molecule has 4 aliphatic rings. The summed E-state index contributed by atoms with van der Waals surface area (Å²) in [5, 5.41) is 3.97. The summed E-state index contributed by atoms with van der Waals surface area (Å²) in [6.07, 6.45) is 16.8. The first kappa shape index (κ1) is 21.7. The zero-order valence-electron chi connectivity index (χ0n) is 21.2. The Balaban J connectivity index is 1.46. The third kappa shape index (κ3) is 3.13. The second-order valence-corrected chi connectivity index (χ2v) is 10.5. The van der Waals surface area contributed by atoms with Gasteiger partial charge in [-0.1, -0.05) is 97.1 Å². The van der Waals surface area contributed by atoms with Crippen molar-refractivity contribution in [3.8, 4) is 0 Å². The molecule has 5 heterocycles. The van der Waals surface area contributed by atoms with Crippen LogP contribution >= 0.6 is 0 Å². The van der Waals surface area contributed by atoms with Crippen LogP contribution in [0.5, 0.6) is 0 Å². The van der Waals surface area contributed by atoms with Crippen molar-refractivity contribution in [2.45, 2.75) is 23.7 Å². The minimum atomic E-state index is 0.00290. The first-order valence-electron chi connectivity index (χ1n) is 13.5. The number of hydrogen-bond acceptors (Lipinski definition) is 6. The highest BCUT2D eigenvalue weighted by Gasteiger charge is 2.34. The van der Waals surface area contributed by atoms with E-state index in [-0.39, 0.29) is 23.7 Å². The summed E-state index contributed by atoms with van der Waals surface area (Å²) in [6.45, 7) is 0. The van der Waals surface area contributed by atoms with Crippen molar-refractivity contribution in [2.75, 3.05) is 0 Å². The predicted molar refractivity (Wildman–Crippen MR) is 155 cm³/mol. The minimum absolute atomic E-state index is 0.00290. The van der Waals surface area contributed by atoms with Gasteiger partial charge in [0.2, 0.25) is 0 Å². The molecule has 2 aliphatic carbocycles. The fraction of sp³-hybridized carbons (Fsp3) is 0.125. The number of allylic oxidation sites excluding steroid dienone is 8. The summed E-state index contributed by atoms with van der Waals surface area (Å²) < 4.78 is 0. The van der Waals surface area contributed by atoms with Crippen LogP contribution in [0.3, 0.4) is 0 Å². The lowest BCUT2D eigenvalue weighted by molar-refractivity contribution is 0.734. The highest BCUT2D eigenvalue weighted by atomic mass is 15.1. The lowest BCUT2D eigenvalue weighted by Gasteiger charge is -2.13. The van der Waals surface area contributed by atoms with Crippen molar-refractivity contribution in [2.24, 2.45) is 0 Å². The average molecular weight is 519 g/mol. The van der Waals surface area contributed by atoms with Crippen molar-refractivity contribution in [1.82, 2.24) is 39.9 Å². The van der Waals surface area contributed by atoms with Crippen LogP contribution in [0, 0.1) is 0 Å². The summed E-state index contributed by atoms with van der Waals surface area (Å²) in [7, 11) is 0. The summed E-state index contributed by atoms with van der Waals surface area (Å²) in [5.41, 5.74) is 2.94. The molecule has 0 amide bonds. The van der Waals surface area contributed by atoms with E-state index in [0.717, 1.165) is 67.4 Å². The maximum Gasteiger partial charge on any atom is 0.141 e. The van der Waals surface area contributed by atoms with E-state index in [4.69, 9.17) is 29.9 Å². The normalized spacial score (nSPS) is 22.6. The van der Waals surface area contributed by atoms with Gasteiger partial charge in [0, 0.05) is 21.5 Å². The molecule has 5 aromatic rings. The standard InChI is InChI=1S/C32H22N8/c1-2-10-18-17(9-1)25-33-26(18)38-28-21-13-5-6-14-22(21)30(35-28)40-32-24-16-8-7-15-23(24)31(36-32)39-29-20-12-4-3-11-19(20)27(34-29)37-25/h1-18,23-24H,(H2,33,34,35,36,37,38,39,40). The maximum absolute atomic E-state index is 5.08. The molecule has 0 saturated carbocycles. The van der Waals surface area contributed by atoms with Crippen LogP contribution in [0.4, 0.5) is 0 Å². The number of H-pyrrole nitrogens is 2. The molecule has 2 aromatic carbocycles. The van der Waals surface area contributed by atoms with Crippen LogP contribution in [0.1, 0.15) is 47.0 Å². The molecule has 9 rings (SSSR count). The highest BCUT2D eigenvalue weighted by molar-refractivity contribution is 6.05. The van der Waals surface area contributed by atoms with Crippen molar-refractivity contribution in [1.29, 1.82) is 0 Å². The number of benzene rings is 2. The van der Waals surface area contributed by atoms with Gasteiger partial charge in [0.25, 0.3) is 0 Å².